The maximum absolute atomic E-state index is 10.9. The third-order valence-corrected chi connectivity index (χ3v) is 4.04. The Balaban J connectivity index is 1.59. The largest absolute Gasteiger partial charge is 0.481 e. The number of nitrogens with zero attached hydrogens (tertiary/aromatic N) is 4. The van der Waals surface area contributed by atoms with Gasteiger partial charge in [0, 0.05) is 12.2 Å². The average Bonchev–Trinajstić information content (AvgIpc) is 2.95. The fraction of sp³-hybridized carbons (Fsp3) is 0.467. The van der Waals surface area contributed by atoms with E-state index in [1.165, 1.54) is 0 Å². The minimum atomic E-state index is -0.683. The lowest BCUT2D eigenvalue weighted by Gasteiger charge is -2.27. The molecule has 0 aliphatic heterocycles. The van der Waals surface area contributed by atoms with Gasteiger partial charge in [0.15, 0.2) is 5.82 Å². The number of aromatic nitrogens is 4. The number of carboxylic acids is 1. The minimum Gasteiger partial charge on any atom is -0.481 e. The van der Waals surface area contributed by atoms with Crippen LogP contribution in [0, 0.1) is 12.8 Å². The van der Waals surface area contributed by atoms with Gasteiger partial charge in [0.05, 0.1) is 11.6 Å². The van der Waals surface area contributed by atoms with Gasteiger partial charge in [0.2, 0.25) is 0 Å². The number of carbonyl (C=O) groups is 1. The number of rotatable bonds is 4. The van der Waals surface area contributed by atoms with Gasteiger partial charge < -0.3 is 10.4 Å². The lowest BCUT2D eigenvalue weighted by Crippen LogP contribution is -2.29. The number of hydrogen-bond donors (Lipinski definition) is 2. The van der Waals surface area contributed by atoms with E-state index >= 15 is 0 Å². The van der Waals surface area contributed by atoms with Crippen LogP contribution >= 0.6 is 0 Å². The summed E-state index contributed by atoms with van der Waals surface area (Å²) in [6.07, 6.45) is 4.97. The van der Waals surface area contributed by atoms with Crippen molar-refractivity contribution in [2.75, 3.05) is 5.32 Å². The summed E-state index contributed by atoms with van der Waals surface area (Å²) < 4.78 is 1.68. The predicted octanol–water partition coefficient (Wildman–Crippen LogP) is 2.03. The molecule has 2 aromatic rings. The van der Waals surface area contributed by atoms with Gasteiger partial charge in [-0.1, -0.05) is 0 Å². The number of aryl methyl sites for hydroxylation is 1. The van der Waals surface area contributed by atoms with Crippen molar-refractivity contribution in [1.82, 2.24) is 20.0 Å². The van der Waals surface area contributed by atoms with Crippen molar-refractivity contribution >= 4 is 11.8 Å². The molecule has 7 heteroatoms. The molecule has 116 valence electrons. The molecule has 2 heterocycles. The molecule has 22 heavy (non-hydrogen) atoms. The highest BCUT2D eigenvalue weighted by Gasteiger charge is 2.25. The van der Waals surface area contributed by atoms with E-state index < -0.39 is 5.97 Å². The van der Waals surface area contributed by atoms with Crippen molar-refractivity contribution in [3.8, 4) is 5.82 Å². The van der Waals surface area contributed by atoms with Crippen LogP contribution in [-0.2, 0) is 4.79 Å². The number of hydrogen-bond acceptors (Lipinski definition) is 5. The number of aliphatic carboxylic acids is 1. The van der Waals surface area contributed by atoms with Crippen LogP contribution in [0.25, 0.3) is 5.82 Å². The Bertz CT molecular complexity index is 644. The molecule has 0 atom stereocenters. The van der Waals surface area contributed by atoms with E-state index in [1.54, 1.807) is 4.68 Å². The van der Waals surface area contributed by atoms with Crippen LogP contribution in [0.3, 0.4) is 0 Å². The van der Waals surface area contributed by atoms with E-state index in [2.05, 4.69) is 20.6 Å². The van der Waals surface area contributed by atoms with E-state index in [1.807, 2.05) is 31.3 Å². The Hall–Kier alpha value is -2.44. The molecule has 0 aromatic carbocycles. The van der Waals surface area contributed by atoms with Crippen LogP contribution in [0.1, 0.15) is 31.4 Å². The molecule has 7 nitrogen and oxygen atoms in total. The smallest absolute Gasteiger partial charge is 0.306 e. The van der Waals surface area contributed by atoms with Crippen LogP contribution in [0.15, 0.2) is 24.4 Å². The van der Waals surface area contributed by atoms with Gasteiger partial charge in [-0.15, -0.1) is 10.2 Å². The van der Waals surface area contributed by atoms with E-state index in [0.29, 0.717) is 24.5 Å². The molecule has 3 rings (SSSR count). The third-order valence-electron chi connectivity index (χ3n) is 4.04. The van der Waals surface area contributed by atoms with Gasteiger partial charge in [-0.05, 0) is 50.8 Å². The SMILES string of the molecule is Cc1ccn(-c2ccc(NC3CCC(C(=O)O)CC3)nn2)n1. The molecule has 1 aliphatic carbocycles. The fourth-order valence-corrected chi connectivity index (χ4v) is 2.76. The van der Waals surface area contributed by atoms with Gasteiger partial charge in [-0.25, -0.2) is 4.68 Å². The van der Waals surface area contributed by atoms with Crippen LogP contribution in [-0.4, -0.2) is 37.1 Å². The van der Waals surface area contributed by atoms with Crippen molar-refractivity contribution in [2.45, 2.75) is 38.6 Å². The van der Waals surface area contributed by atoms with Crippen LogP contribution in [0.5, 0.6) is 0 Å². The van der Waals surface area contributed by atoms with Crippen LogP contribution in [0.4, 0.5) is 5.82 Å². The molecule has 0 bridgehead atoms. The summed E-state index contributed by atoms with van der Waals surface area (Å²) in [6, 6.07) is 5.92. The van der Waals surface area contributed by atoms with Crippen LogP contribution < -0.4 is 5.32 Å². The summed E-state index contributed by atoms with van der Waals surface area (Å²) >= 11 is 0. The molecule has 0 spiro atoms. The predicted molar refractivity (Wildman–Crippen MR) is 80.9 cm³/mol. The molecule has 0 radical (unpaired) electrons. The lowest BCUT2D eigenvalue weighted by molar-refractivity contribution is -0.142. The zero-order valence-corrected chi connectivity index (χ0v) is 12.4. The average molecular weight is 301 g/mol. The first kappa shape index (κ1) is 14.5. The van der Waals surface area contributed by atoms with Crippen molar-refractivity contribution in [2.24, 2.45) is 5.92 Å². The monoisotopic (exact) mass is 301 g/mol. The normalized spacial score (nSPS) is 21.5. The standard InChI is InChI=1S/C15H19N5O2/c1-10-8-9-20(19-10)14-7-6-13(17-18-14)16-12-4-2-11(3-5-12)15(21)22/h6-9,11-12H,2-5H2,1H3,(H,16,17)(H,21,22). The van der Waals surface area contributed by atoms with Gasteiger partial charge >= 0.3 is 5.97 Å². The van der Waals surface area contributed by atoms with Gasteiger partial charge in [0.1, 0.15) is 5.82 Å². The van der Waals surface area contributed by atoms with Crippen molar-refractivity contribution in [1.29, 1.82) is 0 Å². The Kier molecular flexibility index (Phi) is 4.04. The van der Waals surface area contributed by atoms with Crippen molar-refractivity contribution in [3.05, 3.63) is 30.1 Å². The molecule has 1 fully saturated rings. The molecule has 0 unspecified atom stereocenters. The highest BCUT2D eigenvalue weighted by Crippen LogP contribution is 2.26. The molecular weight excluding hydrogens is 282 g/mol. The molecule has 2 N–H and O–H groups in total. The Morgan fingerprint density at radius 3 is 2.55 bits per heavy atom. The highest BCUT2D eigenvalue weighted by molar-refractivity contribution is 5.70. The molecule has 0 saturated heterocycles. The minimum absolute atomic E-state index is 0.199. The van der Waals surface area contributed by atoms with Crippen molar-refractivity contribution in [3.63, 3.8) is 0 Å². The van der Waals surface area contributed by atoms with E-state index in [0.717, 1.165) is 18.5 Å². The zero-order chi connectivity index (χ0) is 15.5. The Morgan fingerprint density at radius 1 is 1.23 bits per heavy atom. The van der Waals surface area contributed by atoms with Gasteiger partial charge in [-0.3, -0.25) is 4.79 Å². The summed E-state index contributed by atoms with van der Waals surface area (Å²) in [6.45, 7) is 1.92. The summed E-state index contributed by atoms with van der Waals surface area (Å²) in [5, 5.41) is 25.0. The molecule has 1 saturated carbocycles. The van der Waals surface area contributed by atoms with E-state index in [9.17, 15) is 4.79 Å². The maximum Gasteiger partial charge on any atom is 0.306 e. The van der Waals surface area contributed by atoms with Gasteiger partial charge in [-0.2, -0.15) is 5.10 Å². The second kappa shape index (κ2) is 6.13. The zero-order valence-electron chi connectivity index (χ0n) is 12.4. The maximum atomic E-state index is 10.9. The van der Waals surface area contributed by atoms with E-state index in [-0.39, 0.29) is 12.0 Å². The van der Waals surface area contributed by atoms with E-state index in [4.69, 9.17) is 5.11 Å². The first-order valence-electron chi connectivity index (χ1n) is 7.47. The lowest BCUT2D eigenvalue weighted by atomic mass is 9.86. The van der Waals surface area contributed by atoms with Crippen LogP contribution in [0.2, 0.25) is 0 Å². The van der Waals surface area contributed by atoms with Gasteiger partial charge in [0.25, 0.3) is 0 Å². The Morgan fingerprint density at radius 2 is 2.00 bits per heavy atom. The Labute approximate surface area is 128 Å². The quantitative estimate of drug-likeness (QED) is 0.897. The summed E-state index contributed by atoms with van der Waals surface area (Å²) in [4.78, 5) is 10.9. The topological polar surface area (TPSA) is 92.9 Å². The summed E-state index contributed by atoms with van der Waals surface area (Å²) in [5.41, 5.74) is 0.930. The number of carboxylic acid groups (broad SMARTS) is 1. The second-order valence-electron chi connectivity index (χ2n) is 5.71. The first-order valence-corrected chi connectivity index (χ1v) is 7.47. The molecular formula is C15H19N5O2. The second-order valence-corrected chi connectivity index (χ2v) is 5.71. The fourth-order valence-electron chi connectivity index (χ4n) is 2.76. The highest BCUT2D eigenvalue weighted by atomic mass is 16.4. The molecule has 2 aromatic heterocycles. The molecule has 1 aliphatic rings. The molecule has 0 amide bonds. The summed E-state index contributed by atoms with van der Waals surface area (Å²) in [5.74, 6) is 0.506. The third kappa shape index (κ3) is 3.24. The number of anilines is 1. The first-order chi connectivity index (χ1) is 10.6. The number of nitrogens with one attached hydrogen (secondary N) is 1. The van der Waals surface area contributed by atoms with Crippen molar-refractivity contribution < 1.29 is 9.90 Å². The summed E-state index contributed by atoms with van der Waals surface area (Å²) in [7, 11) is 0.